The second-order valence-electron chi connectivity index (χ2n) is 7.49. The van der Waals surface area contributed by atoms with Gasteiger partial charge in [-0.1, -0.05) is 18.2 Å². The minimum absolute atomic E-state index is 0.189. The van der Waals surface area contributed by atoms with Crippen LogP contribution in [0.2, 0.25) is 0 Å². The van der Waals surface area contributed by atoms with Crippen LogP contribution in [0.4, 0.5) is 11.4 Å². The van der Waals surface area contributed by atoms with E-state index in [1.54, 1.807) is 0 Å². The summed E-state index contributed by atoms with van der Waals surface area (Å²) in [4.78, 5) is 26.4. The van der Waals surface area contributed by atoms with Gasteiger partial charge >= 0.3 is 5.97 Å². The summed E-state index contributed by atoms with van der Waals surface area (Å²) in [6.45, 7) is 2.91. The third kappa shape index (κ3) is 5.15. The monoisotopic (exact) mass is 394 g/mol. The van der Waals surface area contributed by atoms with E-state index in [1.165, 1.54) is 17.5 Å². The second-order valence-corrected chi connectivity index (χ2v) is 7.49. The molecule has 29 heavy (non-hydrogen) atoms. The van der Waals surface area contributed by atoms with Crippen molar-refractivity contribution in [3.05, 3.63) is 59.2 Å². The maximum absolute atomic E-state index is 12.1. The van der Waals surface area contributed by atoms with Gasteiger partial charge in [-0.15, -0.1) is 0 Å². The number of morpholine rings is 1. The van der Waals surface area contributed by atoms with Gasteiger partial charge in [-0.05, 0) is 60.2 Å². The highest BCUT2D eigenvalue weighted by molar-refractivity contribution is 5.93. The second kappa shape index (κ2) is 9.09. The molecule has 1 saturated heterocycles. The molecule has 0 unspecified atom stereocenters. The quantitative estimate of drug-likeness (QED) is 0.763. The number of benzene rings is 2. The number of ether oxygens (including phenoxy) is 2. The predicted octanol–water partition coefficient (Wildman–Crippen LogP) is 2.74. The number of anilines is 2. The van der Waals surface area contributed by atoms with E-state index in [9.17, 15) is 9.59 Å². The number of hydrogen-bond acceptors (Lipinski definition) is 5. The zero-order valence-electron chi connectivity index (χ0n) is 16.5. The Morgan fingerprint density at radius 2 is 1.76 bits per heavy atom. The minimum Gasteiger partial charge on any atom is -0.455 e. The molecule has 1 heterocycles. The lowest BCUT2D eigenvalue weighted by molar-refractivity contribution is -0.146. The number of nitrogens with one attached hydrogen (secondary N) is 1. The molecule has 0 radical (unpaired) electrons. The lowest BCUT2D eigenvalue weighted by Gasteiger charge is -2.28. The van der Waals surface area contributed by atoms with Crippen LogP contribution in [0.3, 0.4) is 0 Å². The molecule has 1 fully saturated rings. The molecule has 1 amide bonds. The summed E-state index contributed by atoms with van der Waals surface area (Å²) in [7, 11) is 0. The fourth-order valence-electron chi connectivity index (χ4n) is 3.87. The number of rotatable bonds is 6. The highest BCUT2D eigenvalue weighted by atomic mass is 16.5. The van der Waals surface area contributed by atoms with Gasteiger partial charge in [0.15, 0.2) is 6.61 Å². The van der Waals surface area contributed by atoms with Crippen LogP contribution in [0.5, 0.6) is 0 Å². The van der Waals surface area contributed by atoms with Crippen LogP contribution in [-0.2, 0) is 38.3 Å². The Morgan fingerprint density at radius 1 is 1.00 bits per heavy atom. The third-order valence-electron chi connectivity index (χ3n) is 5.40. The van der Waals surface area contributed by atoms with Crippen LogP contribution in [0.1, 0.15) is 23.1 Å². The molecule has 4 rings (SSSR count). The Kier molecular flexibility index (Phi) is 6.10. The number of aryl methyl sites for hydroxylation is 2. The molecule has 0 atom stereocenters. The van der Waals surface area contributed by atoms with Crippen LogP contribution >= 0.6 is 0 Å². The van der Waals surface area contributed by atoms with Gasteiger partial charge in [0.25, 0.3) is 5.91 Å². The van der Waals surface area contributed by atoms with E-state index in [0.29, 0.717) is 5.69 Å². The molecule has 0 spiro atoms. The summed E-state index contributed by atoms with van der Waals surface area (Å²) in [5.74, 6) is -0.729. The van der Waals surface area contributed by atoms with Gasteiger partial charge < -0.3 is 19.7 Å². The van der Waals surface area contributed by atoms with E-state index >= 15 is 0 Å². The van der Waals surface area contributed by atoms with Crippen LogP contribution in [0.25, 0.3) is 0 Å². The van der Waals surface area contributed by atoms with Gasteiger partial charge in [-0.2, -0.15) is 0 Å². The first-order valence-electron chi connectivity index (χ1n) is 10.2. The average Bonchev–Trinajstić information content (AvgIpc) is 3.21. The SMILES string of the molecule is O=C(COC(=O)Cc1ccc2c(c1)CCC2)Nc1ccc(N2CCOCC2)cc1. The maximum atomic E-state index is 12.1. The van der Waals surface area contributed by atoms with Crippen molar-refractivity contribution in [3.63, 3.8) is 0 Å². The molecule has 1 aliphatic carbocycles. The van der Waals surface area contributed by atoms with E-state index in [0.717, 1.165) is 50.4 Å². The number of nitrogens with zero attached hydrogens (tertiary/aromatic N) is 1. The number of fused-ring (bicyclic) bond motifs is 1. The van der Waals surface area contributed by atoms with Gasteiger partial charge in [-0.25, -0.2) is 0 Å². The van der Waals surface area contributed by atoms with E-state index in [2.05, 4.69) is 22.3 Å². The molecule has 0 aromatic heterocycles. The molecular weight excluding hydrogens is 368 g/mol. The smallest absolute Gasteiger partial charge is 0.310 e. The van der Waals surface area contributed by atoms with E-state index in [4.69, 9.17) is 9.47 Å². The molecule has 152 valence electrons. The van der Waals surface area contributed by atoms with Crippen molar-refractivity contribution in [1.29, 1.82) is 0 Å². The number of amides is 1. The molecule has 1 aliphatic heterocycles. The Bertz CT molecular complexity index is 873. The van der Waals surface area contributed by atoms with Gasteiger partial charge in [0.1, 0.15) is 0 Å². The molecule has 2 aromatic rings. The molecule has 0 bridgehead atoms. The van der Waals surface area contributed by atoms with Crippen LogP contribution in [0.15, 0.2) is 42.5 Å². The molecular formula is C23H26N2O4. The maximum Gasteiger partial charge on any atom is 0.310 e. The first kappa shape index (κ1) is 19.5. The Labute approximate surface area is 170 Å². The summed E-state index contributed by atoms with van der Waals surface area (Å²) < 4.78 is 10.5. The van der Waals surface area contributed by atoms with Crippen molar-refractivity contribution in [2.75, 3.05) is 43.1 Å². The lowest BCUT2D eigenvalue weighted by Crippen LogP contribution is -2.36. The third-order valence-corrected chi connectivity index (χ3v) is 5.40. The number of esters is 1. The number of hydrogen-bond donors (Lipinski definition) is 1. The Hall–Kier alpha value is -2.86. The van der Waals surface area contributed by atoms with Crippen molar-refractivity contribution >= 4 is 23.3 Å². The van der Waals surface area contributed by atoms with E-state index in [-0.39, 0.29) is 24.9 Å². The summed E-state index contributed by atoms with van der Waals surface area (Å²) in [5.41, 5.74) is 5.43. The molecule has 6 heteroatoms. The molecule has 1 N–H and O–H groups in total. The van der Waals surface area contributed by atoms with Gasteiger partial charge in [0.2, 0.25) is 0 Å². The highest BCUT2D eigenvalue weighted by Crippen LogP contribution is 2.23. The minimum atomic E-state index is -0.388. The normalized spacial score (nSPS) is 15.7. The first-order valence-corrected chi connectivity index (χ1v) is 10.2. The Morgan fingerprint density at radius 3 is 2.55 bits per heavy atom. The van der Waals surface area contributed by atoms with Crippen molar-refractivity contribution in [2.24, 2.45) is 0 Å². The Balaban J connectivity index is 1.22. The fourth-order valence-corrected chi connectivity index (χ4v) is 3.87. The molecule has 2 aliphatic rings. The van der Waals surface area contributed by atoms with Crippen molar-refractivity contribution in [1.82, 2.24) is 0 Å². The fraction of sp³-hybridized carbons (Fsp3) is 0.391. The van der Waals surface area contributed by atoms with Crippen LogP contribution in [-0.4, -0.2) is 44.8 Å². The average molecular weight is 394 g/mol. The van der Waals surface area contributed by atoms with Crippen LogP contribution in [0, 0.1) is 0 Å². The van der Waals surface area contributed by atoms with Gasteiger partial charge in [0.05, 0.1) is 19.6 Å². The zero-order chi connectivity index (χ0) is 20.1. The number of carbonyl (C=O) groups is 2. The summed E-state index contributed by atoms with van der Waals surface area (Å²) in [6, 6.07) is 13.8. The number of carbonyl (C=O) groups excluding carboxylic acids is 2. The summed E-state index contributed by atoms with van der Waals surface area (Å²) >= 11 is 0. The topological polar surface area (TPSA) is 67.9 Å². The van der Waals surface area contributed by atoms with Crippen LogP contribution < -0.4 is 10.2 Å². The summed E-state index contributed by atoms with van der Waals surface area (Å²) in [6.07, 6.45) is 3.56. The molecule has 2 aromatic carbocycles. The van der Waals surface area contributed by atoms with Gasteiger partial charge in [0, 0.05) is 24.5 Å². The lowest BCUT2D eigenvalue weighted by atomic mass is 10.0. The predicted molar refractivity (Wildman–Crippen MR) is 111 cm³/mol. The van der Waals surface area contributed by atoms with E-state index in [1.807, 2.05) is 30.3 Å². The standard InChI is InChI=1S/C23H26N2O4/c26-22(24-20-6-8-21(9-7-20)25-10-12-28-13-11-25)16-29-23(27)15-17-4-5-18-2-1-3-19(18)14-17/h4-9,14H,1-3,10-13,15-16H2,(H,24,26). The van der Waals surface area contributed by atoms with Crippen molar-refractivity contribution in [2.45, 2.75) is 25.7 Å². The molecule has 0 saturated carbocycles. The summed E-state index contributed by atoms with van der Waals surface area (Å²) in [5, 5.41) is 2.77. The van der Waals surface area contributed by atoms with Crippen molar-refractivity contribution in [3.8, 4) is 0 Å². The molecule has 6 nitrogen and oxygen atoms in total. The largest absolute Gasteiger partial charge is 0.455 e. The van der Waals surface area contributed by atoms with Gasteiger partial charge in [-0.3, -0.25) is 9.59 Å². The van der Waals surface area contributed by atoms with Crippen molar-refractivity contribution < 1.29 is 19.1 Å². The highest BCUT2D eigenvalue weighted by Gasteiger charge is 2.14. The van der Waals surface area contributed by atoms with E-state index < -0.39 is 0 Å². The first-order chi connectivity index (χ1) is 14.2. The zero-order valence-corrected chi connectivity index (χ0v) is 16.5.